The molecule has 0 spiro atoms. The van der Waals surface area contributed by atoms with E-state index in [1.54, 1.807) is 6.20 Å². The SMILES string of the molecule is Cc1cc(NCCOCC(N)=O)ccn1. The highest BCUT2D eigenvalue weighted by molar-refractivity contribution is 5.74. The van der Waals surface area contributed by atoms with Crippen molar-refractivity contribution in [2.24, 2.45) is 5.73 Å². The zero-order valence-electron chi connectivity index (χ0n) is 8.69. The Balaban J connectivity index is 2.17. The van der Waals surface area contributed by atoms with Gasteiger partial charge in [-0.25, -0.2) is 0 Å². The molecule has 0 saturated heterocycles. The van der Waals surface area contributed by atoms with Gasteiger partial charge in [0, 0.05) is 24.1 Å². The van der Waals surface area contributed by atoms with Crippen molar-refractivity contribution in [3.8, 4) is 0 Å². The van der Waals surface area contributed by atoms with Gasteiger partial charge in [-0.15, -0.1) is 0 Å². The smallest absolute Gasteiger partial charge is 0.243 e. The van der Waals surface area contributed by atoms with Gasteiger partial charge >= 0.3 is 0 Å². The Bertz CT molecular complexity index is 328. The maximum absolute atomic E-state index is 10.3. The van der Waals surface area contributed by atoms with E-state index in [1.807, 2.05) is 19.1 Å². The van der Waals surface area contributed by atoms with Gasteiger partial charge in [0.1, 0.15) is 6.61 Å². The van der Waals surface area contributed by atoms with E-state index in [1.165, 1.54) is 0 Å². The van der Waals surface area contributed by atoms with E-state index < -0.39 is 5.91 Å². The minimum Gasteiger partial charge on any atom is -0.383 e. The van der Waals surface area contributed by atoms with Crippen LogP contribution < -0.4 is 11.1 Å². The van der Waals surface area contributed by atoms with Crippen LogP contribution in [0.5, 0.6) is 0 Å². The lowest BCUT2D eigenvalue weighted by Gasteiger charge is -2.06. The topological polar surface area (TPSA) is 77.2 Å². The highest BCUT2D eigenvalue weighted by atomic mass is 16.5. The fourth-order valence-electron chi connectivity index (χ4n) is 1.10. The van der Waals surface area contributed by atoms with E-state index >= 15 is 0 Å². The van der Waals surface area contributed by atoms with Crippen molar-refractivity contribution in [1.82, 2.24) is 4.98 Å². The maximum Gasteiger partial charge on any atom is 0.243 e. The predicted molar refractivity (Wildman–Crippen MR) is 57.5 cm³/mol. The van der Waals surface area contributed by atoms with E-state index in [2.05, 4.69) is 10.3 Å². The molecule has 0 saturated carbocycles. The van der Waals surface area contributed by atoms with Crippen LogP contribution in [0.3, 0.4) is 0 Å². The first kappa shape index (κ1) is 11.5. The summed E-state index contributed by atoms with van der Waals surface area (Å²) in [6.45, 7) is 2.98. The summed E-state index contributed by atoms with van der Waals surface area (Å²) in [7, 11) is 0. The Morgan fingerprint density at radius 1 is 1.67 bits per heavy atom. The van der Waals surface area contributed by atoms with Gasteiger partial charge in [0.2, 0.25) is 5.91 Å². The Morgan fingerprint density at radius 2 is 2.47 bits per heavy atom. The third-order valence-corrected chi connectivity index (χ3v) is 1.72. The zero-order chi connectivity index (χ0) is 11.1. The van der Waals surface area contributed by atoms with Gasteiger partial charge in [-0.05, 0) is 19.1 Å². The van der Waals surface area contributed by atoms with Crippen LogP contribution in [0, 0.1) is 6.92 Å². The fraction of sp³-hybridized carbons (Fsp3) is 0.400. The average Bonchev–Trinajstić information content (AvgIpc) is 2.17. The highest BCUT2D eigenvalue weighted by Crippen LogP contribution is 2.05. The number of aryl methyl sites for hydroxylation is 1. The van der Waals surface area contributed by atoms with Crippen molar-refractivity contribution < 1.29 is 9.53 Å². The molecule has 0 aliphatic rings. The molecular formula is C10H15N3O2. The third-order valence-electron chi connectivity index (χ3n) is 1.72. The molecule has 1 rings (SSSR count). The van der Waals surface area contributed by atoms with Gasteiger partial charge in [0.25, 0.3) is 0 Å². The summed E-state index contributed by atoms with van der Waals surface area (Å²) in [5, 5.41) is 3.14. The van der Waals surface area contributed by atoms with Gasteiger partial charge in [-0.1, -0.05) is 0 Å². The van der Waals surface area contributed by atoms with Crippen LogP contribution in [-0.4, -0.2) is 30.6 Å². The lowest BCUT2D eigenvalue weighted by molar-refractivity contribution is -0.122. The van der Waals surface area contributed by atoms with Crippen LogP contribution in [0.1, 0.15) is 5.69 Å². The van der Waals surface area contributed by atoms with Crippen LogP contribution in [-0.2, 0) is 9.53 Å². The predicted octanol–water partition coefficient (Wildman–Crippen LogP) is 0.304. The summed E-state index contributed by atoms with van der Waals surface area (Å²) in [6.07, 6.45) is 1.74. The van der Waals surface area contributed by atoms with Crippen LogP contribution >= 0.6 is 0 Å². The van der Waals surface area contributed by atoms with Crippen molar-refractivity contribution in [3.05, 3.63) is 24.0 Å². The minimum atomic E-state index is -0.449. The summed E-state index contributed by atoms with van der Waals surface area (Å²) >= 11 is 0. The van der Waals surface area contributed by atoms with Gasteiger partial charge in [0.15, 0.2) is 0 Å². The molecule has 1 aromatic heterocycles. The Kier molecular flexibility index (Phi) is 4.56. The maximum atomic E-state index is 10.3. The standard InChI is InChI=1S/C10H15N3O2/c1-8-6-9(2-3-12-8)13-4-5-15-7-10(11)14/h2-3,6H,4-5,7H2,1H3,(H2,11,14)(H,12,13). The van der Waals surface area contributed by atoms with E-state index in [9.17, 15) is 4.79 Å². The van der Waals surface area contributed by atoms with Gasteiger partial charge < -0.3 is 15.8 Å². The van der Waals surface area contributed by atoms with E-state index in [-0.39, 0.29) is 6.61 Å². The van der Waals surface area contributed by atoms with Gasteiger partial charge in [0.05, 0.1) is 6.61 Å². The van der Waals surface area contributed by atoms with Crippen LogP contribution in [0.25, 0.3) is 0 Å². The third kappa shape index (κ3) is 4.97. The molecule has 15 heavy (non-hydrogen) atoms. The number of nitrogens with two attached hydrogens (primary N) is 1. The number of primary amides is 1. The number of pyridine rings is 1. The molecule has 0 radical (unpaired) electrons. The normalized spacial score (nSPS) is 9.93. The first-order chi connectivity index (χ1) is 7.18. The van der Waals surface area contributed by atoms with Crippen molar-refractivity contribution in [3.63, 3.8) is 0 Å². The van der Waals surface area contributed by atoms with Crippen molar-refractivity contribution in [1.29, 1.82) is 0 Å². The molecule has 5 nitrogen and oxygen atoms in total. The van der Waals surface area contributed by atoms with Crippen LogP contribution in [0.15, 0.2) is 18.3 Å². The quantitative estimate of drug-likeness (QED) is 0.661. The van der Waals surface area contributed by atoms with Crippen molar-refractivity contribution in [2.75, 3.05) is 25.1 Å². The number of aromatic nitrogens is 1. The second-order valence-electron chi connectivity index (χ2n) is 3.13. The average molecular weight is 209 g/mol. The number of anilines is 1. The first-order valence-electron chi connectivity index (χ1n) is 4.71. The molecule has 82 valence electrons. The monoisotopic (exact) mass is 209 g/mol. The fourth-order valence-corrected chi connectivity index (χ4v) is 1.10. The molecule has 5 heteroatoms. The van der Waals surface area contributed by atoms with E-state index in [0.29, 0.717) is 13.2 Å². The number of nitrogens with zero attached hydrogens (tertiary/aromatic N) is 1. The molecule has 0 unspecified atom stereocenters. The molecule has 1 amide bonds. The summed E-state index contributed by atoms with van der Waals surface area (Å²) in [5.74, 6) is -0.449. The van der Waals surface area contributed by atoms with Gasteiger partial charge in [-0.3, -0.25) is 9.78 Å². The van der Waals surface area contributed by atoms with E-state index in [4.69, 9.17) is 10.5 Å². The number of carbonyl (C=O) groups is 1. The molecule has 0 atom stereocenters. The highest BCUT2D eigenvalue weighted by Gasteiger charge is 1.95. The Morgan fingerprint density at radius 3 is 3.13 bits per heavy atom. The molecular weight excluding hydrogens is 194 g/mol. The zero-order valence-corrected chi connectivity index (χ0v) is 8.69. The number of rotatable bonds is 6. The molecule has 0 aliphatic carbocycles. The number of ether oxygens (including phenoxy) is 1. The molecule has 0 fully saturated rings. The Labute approximate surface area is 88.6 Å². The Hall–Kier alpha value is -1.62. The first-order valence-corrected chi connectivity index (χ1v) is 4.71. The molecule has 0 aliphatic heterocycles. The number of nitrogens with one attached hydrogen (secondary N) is 1. The molecule has 1 aromatic rings. The van der Waals surface area contributed by atoms with Crippen molar-refractivity contribution in [2.45, 2.75) is 6.92 Å². The van der Waals surface area contributed by atoms with Crippen LogP contribution in [0.4, 0.5) is 5.69 Å². The molecule has 0 bridgehead atoms. The summed E-state index contributed by atoms with van der Waals surface area (Å²) in [5.41, 5.74) is 6.86. The summed E-state index contributed by atoms with van der Waals surface area (Å²) < 4.78 is 4.99. The second kappa shape index (κ2) is 5.98. The number of hydrogen-bond acceptors (Lipinski definition) is 4. The molecule has 1 heterocycles. The largest absolute Gasteiger partial charge is 0.383 e. The molecule has 0 aromatic carbocycles. The number of hydrogen-bond donors (Lipinski definition) is 2. The minimum absolute atomic E-state index is 0.0307. The van der Waals surface area contributed by atoms with E-state index in [0.717, 1.165) is 11.4 Å². The second-order valence-corrected chi connectivity index (χ2v) is 3.13. The lowest BCUT2D eigenvalue weighted by atomic mass is 10.3. The van der Waals surface area contributed by atoms with Gasteiger partial charge in [-0.2, -0.15) is 0 Å². The number of amides is 1. The van der Waals surface area contributed by atoms with Crippen LogP contribution in [0.2, 0.25) is 0 Å². The lowest BCUT2D eigenvalue weighted by Crippen LogP contribution is -2.20. The summed E-state index contributed by atoms with van der Waals surface area (Å²) in [4.78, 5) is 14.4. The molecule has 3 N–H and O–H groups in total. The number of carbonyl (C=O) groups excluding carboxylic acids is 1. The van der Waals surface area contributed by atoms with Crippen molar-refractivity contribution >= 4 is 11.6 Å². The summed E-state index contributed by atoms with van der Waals surface area (Å²) in [6, 6.07) is 3.81.